The molecule has 1 N–H and O–H groups in total. The summed E-state index contributed by atoms with van der Waals surface area (Å²) in [6.07, 6.45) is 4.09. The zero-order valence-electron chi connectivity index (χ0n) is 10.8. The van der Waals surface area contributed by atoms with Gasteiger partial charge in [0.2, 0.25) is 0 Å². The molecule has 0 saturated heterocycles. The summed E-state index contributed by atoms with van der Waals surface area (Å²) in [6.45, 7) is 2.44. The molecule has 1 aromatic rings. The van der Waals surface area contributed by atoms with Gasteiger partial charge in [0.1, 0.15) is 0 Å². The first kappa shape index (κ1) is 13.1. The van der Waals surface area contributed by atoms with Crippen LogP contribution in [-0.2, 0) is 11.2 Å². The van der Waals surface area contributed by atoms with Crippen molar-refractivity contribution in [1.82, 2.24) is 0 Å². The van der Waals surface area contributed by atoms with Crippen molar-refractivity contribution in [2.45, 2.75) is 38.5 Å². The Bertz CT molecular complexity index is 426. The molecule has 0 bridgehead atoms. The first-order valence-corrected chi connectivity index (χ1v) is 6.67. The molecule has 1 aliphatic rings. The van der Waals surface area contributed by atoms with Gasteiger partial charge in [-0.1, -0.05) is 6.07 Å². The quantitative estimate of drug-likeness (QED) is 0.833. The number of ether oxygens (including phenoxy) is 1. The van der Waals surface area contributed by atoms with Crippen molar-refractivity contribution < 1.29 is 14.6 Å². The lowest BCUT2D eigenvalue weighted by Gasteiger charge is -2.25. The van der Waals surface area contributed by atoms with E-state index in [0.717, 1.165) is 25.7 Å². The van der Waals surface area contributed by atoms with Crippen LogP contribution in [0.1, 0.15) is 53.6 Å². The van der Waals surface area contributed by atoms with Crippen LogP contribution in [0.3, 0.4) is 0 Å². The van der Waals surface area contributed by atoms with E-state index in [1.165, 1.54) is 11.1 Å². The Kier molecular flexibility index (Phi) is 4.37. The Morgan fingerprint density at radius 3 is 3.06 bits per heavy atom. The van der Waals surface area contributed by atoms with E-state index in [2.05, 4.69) is 0 Å². The van der Waals surface area contributed by atoms with Crippen molar-refractivity contribution in [2.24, 2.45) is 0 Å². The Morgan fingerprint density at radius 1 is 1.50 bits per heavy atom. The maximum atomic E-state index is 11.7. The molecule has 0 radical (unpaired) electrons. The summed E-state index contributed by atoms with van der Waals surface area (Å²) in [5.74, 6) is 0.194. The summed E-state index contributed by atoms with van der Waals surface area (Å²) in [6, 6.07) is 5.82. The second-order valence-corrected chi connectivity index (χ2v) is 4.74. The molecule has 0 fully saturated rings. The van der Waals surface area contributed by atoms with Gasteiger partial charge < -0.3 is 9.84 Å². The molecular weight excluding hydrogens is 228 g/mol. The second-order valence-electron chi connectivity index (χ2n) is 4.74. The Hall–Kier alpha value is -1.35. The largest absolute Gasteiger partial charge is 0.462 e. The van der Waals surface area contributed by atoms with Crippen molar-refractivity contribution in [3.05, 3.63) is 34.9 Å². The summed E-state index contributed by atoms with van der Waals surface area (Å²) in [7, 11) is 0. The smallest absolute Gasteiger partial charge is 0.338 e. The van der Waals surface area contributed by atoms with E-state index < -0.39 is 0 Å². The van der Waals surface area contributed by atoms with Crippen LogP contribution in [0.5, 0.6) is 0 Å². The Morgan fingerprint density at radius 2 is 2.33 bits per heavy atom. The van der Waals surface area contributed by atoms with E-state index in [1.807, 2.05) is 25.1 Å². The van der Waals surface area contributed by atoms with E-state index in [0.29, 0.717) is 18.1 Å². The van der Waals surface area contributed by atoms with Crippen molar-refractivity contribution in [2.75, 3.05) is 13.2 Å². The van der Waals surface area contributed by atoms with E-state index >= 15 is 0 Å². The third-order valence-electron chi connectivity index (χ3n) is 3.57. The fraction of sp³-hybridized carbons (Fsp3) is 0.533. The molecule has 2 rings (SSSR count). The van der Waals surface area contributed by atoms with Gasteiger partial charge in [-0.25, -0.2) is 4.79 Å². The Balaban J connectivity index is 2.23. The molecule has 0 saturated carbocycles. The van der Waals surface area contributed by atoms with Crippen molar-refractivity contribution in [1.29, 1.82) is 0 Å². The van der Waals surface area contributed by atoms with Crippen LogP contribution in [-0.4, -0.2) is 24.3 Å². The SMILES string of the molecule is CCOC(=O)c1ccc2c(c1)CCCC2CCO. The molecule has 1 aliphatic carbocycles. The number of carbonyl (C=O) groups excluding carboxylic acids is 1. The zero-order valence-corrected chi connectivity index (χ0v) is 10.8. The summed E-state index contributed by atoms with van der Waals surface area (Å²) in [5, 5.41) is 9.08. The molecule has 3 nitrogen and oxygen atoms in total. The third-order valence-corrected chi connectivity index (χ3v) is 3.57. The van der Waals surface area contributed by atoms with Gasteiger partial charge in [-0.3, -0.25) is 0 Å². The molecule has 0 heterocycles. The maximum Gasteiger partial charge on any atom is 0.338 e. The van der Waals surface area contributed by atoms with E-state index in [4.69, 9.17) is 9.84 Å². The first-order valence-electron chi connectivity index (χ1n) is 6.67. The third kappa shape index (κ3) is 2.72. The minimum Gasteiger partial charge on any atom is -0.462 e. The molecule has 1 atom stereocenters. The molecule has 0 amide bonds. The molecular formula is C15H20O3. The molecule has 98 valence electrons. The monoisotopic (exact) mass is 248 g/mol. The molecule has 0 aromatic heterocycles. The van der Waals surface area contributed by atoms with Gasteiger partial charge in [-0.2, -0.15) is 0 Å². The second kappa shape index (κ2) is 6.01. The predicted molar refractivity (Wildman–Crippen MR) is 69.8 cm³/mol. The number of rotatable bonds is 4. The van der Waals surface area contributed by atoms with Gasteiger partial charge >= 0.3 is 5.97 Å². The van der Waals surface area contributed by atoms with E-state index in [-0.39, 0.29) is 12.6 Å². The summed E-state index contributed by atoms with van der Waals surface area (Å²) in [4.78, 5) is 11.7. The van der Waals surface area contributed by atoms with Crippen molar-refractivity contribution in [3.8, 4) is 0 Å². The fourth-order valence-electron chi connectivity index (χ4n) is 2.71. The van der Waals surface area contributed by atoms with Gasteiger partial charge in [0, 0.05) is 6.61 Å². The van der Waals surface area contributed by atoms with E-state index in [1.54, 1.807) is 0 Å². The number of aliphatic hydroxyl groups is 1. The lowest BCUT2D eigenvalue weighted by atomic mass is 9.80. The summed E-state index contributed by atoms with van der Waals surface area (Å²) < 4.78 is 5.01. The summed E-state index contributed by atoms with van der Waals surface area (Å²) >= 11 is 0. The van der Waals surface area contributed by atoms with Crippen LogP contribution in [0, 0.1) is 0 Å². The van der Waals surface area contributed by atoms with Gasteiger partial charge in [-0.05, 0) is 61.8 Å². The average molecular weight is 248 g/mol. The number of hydrogen-bond donors (Lipinski definition) is 1. The van der Waals surface area contributed by atoms with Crippen molar-refractivity contribution in [3.63, 3.8) is 0 Å². The number of hydrogen-bond acceptors (Lipinski definition) is 3. The minimum absolute atomic E-state index is 0.226. The van der Waals surface area contributed by atoms with Crippen LogP contribution in [0.2, 0.25) is 0 Å². The van der Waals surface area contributed by atoms with Crippen LogP contribution >= 0.6 is 0 Å². The van der Waals surface area contributed by atoms with E-state index in [9.17, 15) is 4.79 Å². The van der Waals surface area contributed by atoms with Crippen LogP contribution in [0.15, 0.2) is 18.2 Å². The maximum absolute atomic E-state index is 11.7. The number of aliphatic hydroxyl groups excluding tert-OH is 1. The zero-order chi connectivity index (χ0) is 13.0. The predicted octanol–water partition coefficient (Wildman–Crippen LogP) is 2.67. The van der Waals surface area contributed by atoms with Crippen LogP contribution in [0.4, 0.5) is 0 Å². The van der Waals surface area contributed by atoms with Gasteiger partial charge in [-0.15, -0.1) is 0 Å². The first-order chi connectivity index (χ1) is 8.76. The van der Waals surface area contributed by atoms with Gasteiger partial charge in [0.25, 0.3) is 0 Å². The average Bonchev–Trinajstić information content (AvgIpc) is 2.39. The molecule has 0 spiro atoms. The summed E-state index contributed by atoms with van der Waals surface area (Å²) in [5.41, 5.74) is 3.17. The highest BCUT2D eigenvalue weighted by Gasteiger charge is 2.21. The highest BCUT2D eigenvalue weighted by atomic mass is 16.5. The number of carbonyl (C=O) groups is 1. The van der Waals surface area contributed by atoms with Crippen LogP contribution < -0.4 is 0 Å². The topological polar surface area (TPSA) is 46.5 Å². The van der Waals surface area contributed by atoms with Crippen molar-refractivity contribution >= 4 is 5.97 Å². The Labute approximate surface area is 108 Å². The fourth-order valence-corrected chi connectivity index (χ4v) is 2.71. The number of esters is 1. The lowest BCUT2D eigenvalue weighted by Crippen LogP contribution is -2.13. The number of aryl methyl sites for hydroxylation is 1. The number of fused-ring (bicyclic) bond motifs is 1. The normalized spacial score (nSPS) is 18.2. The molecule has 3 heteroatoms. The number of benzene rings is 1. The molecule has 18 heavy (non-hydrogen) atoms. The molecule has 1 unspecified atom stereocenters. The minimum atomic E-state index is -0.246. The van der Waals surface area contributed by atoms with Gasteiger partial charge in [0.15, 0.2) is 0 Å². The standard InChI is InChI=1S/C15H20O3/c1-2-18-15(17)13-6-7-14-11(8-9-16)4-3-5-12(14)10-13/h6-7,10-11,16H,2-5,8-9H2,1H3. The molecule has 0 aliphatic heterocycles. The highest BCUT2D eigenvalue weighted by Crippen LogP contribution is 2.34. The molecule has 1 aromatic carbocycles. The lowest BCUT2D eigenvalue weighted by molar-refractivity contribution is 0.0526. The highest BCUT2D eigenvalue weighted by molar-refractivity contribution is 5.89. The van der Waals surface area contributed by atoms with Crippen LogP contribution in [0.25, 0.3) is 0 Å². The van der Waals surface area contributed by atoms with Gasteiger partial charge in [0.05, 0.1) is 12.2 Å².